The van der Waals surface area contributed by atoms with Crippen molar-refractivity contribution >= 4 is 5.97 Å². The van der Waals surface area contributed by atoms with Crippen LogP contribution in [0.4, 0.5) is 0 Å². The van der Waals surface area contributed by atoms with Crippen molar-refractivity contribution in [2.75, 3.05) is 7.11 Å². The summed E-state index contributed by atoms with van der Waals surface area (Å²) in [6.45, 7) is 0.384. The first-order valence-corrected chi connectivity index (χ1v) is 7.62. The molecule has 0 fully saturated rings. The quantitative estimate of drug-likeness (QED) is 0.693. The van der Waals surface area contributed by atoms with Crippen molar-refractivity contribution in [2.24, 2.45) is 0 Å². The van der Waals surface area contributed by atoms with E-state index < -0.39 is 5.97 Å². The molecule has 1 aromatic heterocycles. The van der Waals surface area contributed by atoms with Gasteiger partial charge in [-0.05, 0) is 23.3 Å². The molecule has 0 radical (unpaired) electrons. The van der Waals surface area contributed by atoms with Crippen molar-refractivity contribution in [3.05, 3.63) is 94.3 Å². The zero-order valence-electron chi connectivity index (χ0n) is 13.3. The first-order chi connectivity index (χ1) is 11.7. The predicted molar refractivity (Wildman–Crippen MR) is 93.0 cm³/mol. The number of hydrogen-bond donors (Lipinski definition) is 0. The summed E-state index contributed by atoms with van der Waals surface area (Å²) < 4.78 is 6.32. The van der Waals surface area contributed by atoms with Gasteiger partial charge in [0.1, 0.15) is 5.56 Å². The zero-order valence-corrected chi connectivity index (χ0v) is 13.3. The number of hydrogen-bond acceptors (Lipinski definition) is 3. The summed E-state index contributed by atoms with van der Waals surface area (Å²) >= 11 is 0. The molecule has 0 aliphatic heterocycles. The van der Waals surface area contributed by atoms with Crippen LogP contribution < -0.4 is 5.56 Å². The van der Waals surface area contributed by atoms with E-state index >= 15 is 0 Å². The minimum absolute atomic E-state index is 0.0353. The van der Waals surface area contributed by atoms with E-state index in [1.807, 2.05) is 60.7 Å². The standard InChI is InChI=1S/C20H17NO3/c1-24-20(23)17-12-13-18(16-10-6-3-7-11-16)21(19(17)22)14-15-8-4-2-5-9-15/h2-13H,14H2,1H3. The fourth-order valence-electron chi connectivity index (χ4n) is 2.63. The van der Waals surface area contributed by atoms with Gasteiger partial charge in [0, 0.05) is 0 Å². The van der Waals surface area contributed by atoms with Gasteiger partial charge in [-0.2, -0.15) is 0 Å². The molecule has 1 heterocycles. The second-order valence-corrected chi connectivity index (χ2v) is 5.37. The van der Waals surface area contributed by atoms with Crippen molar-refractivity contribution in [1.82, 2.24) is 4.57 Å². The molecule has 4 heteroatoms. The number of aromatic nitrogens is 1. The Balaban J connectivity index is 2.17. The number of benzene rings is 2. The third-order valence-electron chi connectivity index (χ3n) is 3.83. The van der Waals surface area contributed by atoms with Gasteiger partial charge in [0.05, 0.1) is 19.3 Å². The molecule has 24 heavy (non-hydrogen) atoms. The molecule has 0 unspecified atom stereocenters. The summed E-state index contributed by atoms with van der Waals surface area (Å²) in [7, 11) is 1.27. The van der Waals surface area contributed by atoms with Gasteiger partial charge in [0.2, 0.25) is 0 Å². The van der Waals surface area contributed by atoms with Gasteiger partial charge in [-0.1, -0.05) is 60.7 Å². The fourth-order valence-corrected chi connectivity index (χ4v) is 2.63. The summed E-state index contributed by atoms with van der Waals surface area (Å²) in [5.74, 6) is -0.624. The highest BCUT2D eigenvalue weighted by atomic mass is 16.5. The average molecular weight is 319 g/mol. The van der Waals surface area contributed by atoms with Gasteiger partial charge in [-0.3, -0.25) is 4.79 Å². The monoisotopic (exact) mass is 319 g/mol. The van der Waals surface area contributed by atoms with Crippen LogP contribution in [0.2, 0.25) is 0 Å². The number of carbonyl (C=O) groups is 1. The average Bonchev–Trinajstić information content (AvgIpc) is 2.64. The minimum Gasteiger partial charge on any atom is -0.465 e. The molecule has 0 bridgehead atoms. The number of nitrogens with zero attached hydrogens (tertiary/aromatic N) is 1. The van der Waals surface area contributed by atoms with Crippen molar-refractivity contribution in [2.45, 2.75) is 6.54 Å². The third kappa shape index (κ3) is 3.13. The SMILES string of the molecule is COC(=O)c1ccc(-c2ccccc2)n(Cc2ccccc2)c1=O. The highest BCUT2D eigenvalue weighted by molar-refractivity contribution is 5.89. The zero-order chi connectivity index (χ0) is 16.9. The summed E-state index contributed by atoms with van der Waals surface area (Å²) in [5, 5.41) is 0. The molecule has 0 atom stereocenters. The van der Waals surface area contributed by atoms with E-state index in [4.69, 9.17) is 4.74 Å². The summed E-state index contributed by atoms with van der Waals surface area (Å²) in [5.41, 5.74) is 2.35. The lowest BCUT2D eigenvalue weighted by Crippen LogP contribution is -2.28. The molecular formula is C20H17NO3. The molecule has 2 aromatic carbocycles. The number of methoxy groups -OCH3 is 1. The second-order valence-electron chi connectivity index (χ2n) is 5.37. The Kier molecular flexibility index (Phi) is 4.57. The fraction of sp³-hybridized carbons (Fsp3) is 0.100. The molecule has 0 saturated heterocycles. The Hall–Kier alpha value is -3.14. The van der Waals surface area contributed by atoms with Crippen LogP contribution >= 0.6 is 0 Å². The summed E-state index contributed by atoms with van der Waals surface area (Å²) in [6, 6.07) is 22.6. The first kappa shape index (κ1) is 15.7. The molecule has 0 N–H and O–H groups in total. The number of carbonyl (C=O) groups excluding carboxylic acids is 1. The van der Waals surface area contributed by atoms with Crippen molar-refractivity contribution in [3.63, 3.8) is 0 Å². The van der Waals surface area contributed by atoms with Gasteiger partial charge >= 0.3 is 5.97 Å². The number of pyridine rings is 1. The Morgan fingerprint density at radius 3 is 2.17 bits per heavy atom. The third-order valence-corrected chi connectivity index (χ3v) is 3.83. The van der Waals surface area contributed by atoms with Crippen LogP contribution in [-0.2, 0) is 11.3 Å². The van der Waals surface area contributed by atoms with Crippen LogP contribution in [0, 0.1) is 0 Å². The van der Waals surface area contributed by atoms with E-state index in [2.05, 4.69) is 0 Å². The Bertz CT molecular complexity index is 899. The van der Waals surface area contributed by atoms with E-state index in [1.54, 1.807) is 10.6 Å². The number of ether oxygens (including phenoxy) is 1. The van der Waals surface area contributed by atoms with Crippen LogP contribution in [-0.4, -0.2) is 17.6 Å². The topological polar surface area (TPSA) is 48.3 Å². The molecule has 3 rings (SSSR count). The smallest absolute Gasteiger partial charge is 0.343 e. The van der Waals surface area contributed by atoms with Crippen LogP contribution in [0.3, 0.4) is 0 Å². The maximum absolute atomic E-state index is 12.8. The van der Waals surface area contributed by atoms with E-state index in [0.29, 0.717) is 6.54 Å². The Morgan fingerprint density at radius 2 is 1.54 bits per heavy atom. The van der Waals surface area contributed by atoms with Crippen LogP contribution in [0.15, 0.2) is 77.6 Å². The maximum Gasteiger partial charge on any atom is 0.343 e. The van der Waals surface area contributed by atoms with Crippen LogP contribution in [0.25, 0.3) is 11.3 Å². The normalized spacial score (nSPS) is 10.4. The van der Waals surface area contributed by atoms with Gasteiger partial charge in [-0.15, -0.1) is 0 Å². The van der Waals surface area contributed by atoms with Crippen LogP contribution in [0.1, 0.15) is 15.9 Å². The van der Waals surface area contributed by atoms with Crippen LogP contribution in [0.5, 0.6) is 0 Å². The largest absolute Gasteiger partial charge is 0.465 e. The molecule has 120 valence electrons. The Labute approximate surface area is 140 Å². The lowest BCUT2D eigenvalue weighted by Gasteiger charge is -2.14. The van der Waals surface area contributed by atoms with E-state index in [-0.39, 0.29) is 11.1 Å². The van der Waals surface area contributed by atoms with E-state index in [9.17, 15) is 9.59 Å². The Morgan fingerprint density at radius 1 is 0.917 bits per heavy atom. The molecular weight excluding hydrogens is 302 g/mol. The number of rotatable bonds is 4. The predicted octanol–water partition coefficient (Wildman–Crippen LogP) is 3.35. The van der Waals surface area contributed by atoms with Crippen molar-refractivity contribution in [1.29, 1.82) is 0 Å². The second kappa shape index (κ2) is 6.96. The highest BCUT2D eigenvalue weighted by Gasteiger charge is 2.16. The molecule has 0 spiro atoms. The molecule has 0 aliphatic carbocycles. The lowest BCUT2D eigenvalue weighted by atomic mass is 10.1. The molecule has 0 aliphatic rings. The van der Waals surface area contributed by atoms with Gasteiger partial charge in [-0.25, -0.2) is 4.79 Å². The van der Waals surface area contributed by atoms with Gasteiger partial charge in [0.25, 0.3) is 5.56 Å². The molecule has 3 aromatic rings. The molecule has 4 nitrogen and oxygen atoms in total. The summed E-state index contributed by atoms with van der Waals surface area (Å²) in [4.78, 5) is 24.7. The van der Waals surface area contributed by atoms with E-state index in [0.717, 1.165) is 16.8 Å². The van der Waals surface area contributed by atoms with Gasteiger partial charge in [0.15, 0.2) is 0 Å². The maximum atomic E-state index is 12.8. The lowest BCUT2D eigenvalue weighted by molar-refractivity contribution is 0.0598. The first-order valence-electron chi connectivity index (χ1n) is 7.62. The van der Waals surface area contributed by atoms with E-state index in [1.165, 1.54) is 13.2 Å². The molecule has 0 amide bonds. The highest BCUT2D eigenvalue weighted by Crippen LogP contribution is 2.19. The number of esters is 1. The van der Waals surface area contributed by atoms with Crippen molar-refractivity contribution < 1.29 is 9.53 Å². The van der Waals surface area contributed by atoms with Crippen molar-refractivity contribution in [3.8, 4) is 11.3 Å². The molecule has 0 saturated carbocycles. The summed E-state index contributed by atoms with van der Waals surface area (Å²) in [6.07, 6.45) is 0. The van der Waals surface area contributed by atoms with Gasteiger partial charge < -0.3 is 9.30 Å². The minimum atomic E-state index is -0.624.